The van der Waals surface area contributed by atoms with E-state index in [9.17, 15) is 13.2 Å². The minimum absolute atomic E-state index is 0.130. The third kappa shape index (κ3) is 3.09. The van der Waals surface area contributed by atoms with Crippen LogP contribution in [0.15, 0.2) is 17.0 Å². The van der Waals surface area contributed by atoms with Crippen molar-refractivity contribution in [2.45, 2.75) is 36.4 Å². The number of hydrogen-bond donors (Lipinski definition) is 1. The highest BCUT2D eigenvalue weighted by atomic mass is 35.5. The summed E-state index contributed by atoms with van der Waals surface area (Å²) in [5.74, 6) is -0.315. The lowest BCUT2D eigenvalue weighted by Crippen LogP contribution is -2.27. The Hall–Kier alpha value is -0.820. The van der Waals surface area contributed by atoms with E-state index in [2.05, 4.69) is 5.32 Å². The fraction of sp³-hybridized carbons (Fsp3) is 0.533. The van der Waals surface area contributed by atoms with Crippen molar-refractivity contribution in [2.24, 2.45) is 5.41 Å². The van der Waals surface area contributed by atoms with Gasteiger partial charge in [-0.05, 0) is 50.5 Å². The first-order valence-electron chi connectivity index (χ1n) is 7.06. The van der Waals surface area contributed by atoms with E-state index in [1.54, 1.807) is 19.9 Å². The maximum absolute atomic E-state index is 12.4. The Kier molecular flexibility index (Phi) is 4.52. The summed E-state index contributed by atoms with van der Waals surface area (Å²) in [7, 11) is -0.664. The van der Waals surface area contributed by atoms with Gasteiger partial charge in [0, 0.05) is 19.8 Å². The molecule has 1 saturated carbocycles. The van der Waals surface area contributed by atoms with Crippen LogP contribution in [0.2, 0.25) is 0 Å². The molecule has 8 heteroatoms. The van der Waals surface area contributed by atoms with Gasteiger partial charge in [-0.25, -0.2) is 12.7 Å². The van der Waals surface area contributed by atoms with Crippen LogP contribution in [0.5, 0.6) is 0 Å². The third-order valence-corrected chi connectivity index (χ3v) is 7.32. The van der Waals surface area contributed by atoms with Gasteiger partial charge >= 0.3 is 0 Å². The number of rotatable bonds is 4. The third-order valence-electron chi connectivity index (χ3n) is 4.43. The molecule has 1 aliphatic rings. The van der Waals surface area contributed by atoms with E-state index in [1.165, 1.54) is 20.2 Å². The van der Waals surface area contributed by atoms with E-state index in [0.717, 1.165) is 15.4 Å². The van der Waals surface area contributed by atoms with Gasteiger partial charge < -0.3 is 5.32 Å². The lowest BCUT2D eigenvalue weighted by atomic mass is 10.1. The van der Waals surface area contributed by atoms with Crippen molar-refractivity contribution < 1.29 is 13.2 Å². The molecule has 1 aromatic rings. The summed E-state index contributed by atoms with van der Waals surface area (Å²) < 4.78 is 24.7. The van der Waals surface area contributed by atoms with Crippen LogP contribution in [0.1, 0.15) is 24.5 Å². The number of carbonyl (C=O) groups excluding carboxylic acids is 1. The second-order valence-corrected chi connectivity index (χ2v) is 10.0. The van der Waals surface area contributed by atoms with Gasteiger partial charge in [0.15, 0.2) is 0 Å². The summed E-state index contributed by atoms with van der Waals surface area (Å²) in [4.78, 5) is 12.6. The van der Waals surface area contributed by atoms with E-state index >= 15 is 0 Å². The minimum Gasteiger partial charge on any atom is -0.325 e. The van der Waals surface area contributed by atoms with E-state index in [1.807, 2.05) is 6.92 Å². The molecule has 5 nitrogen and oxygen atoms in total. The molecule has 1 atom stereocenters. The zero-order valence-corrected chi connectivity index (χ0v) is 16.0. The largest absolute Gasteiger partial charge is 0.325 e. The molecule has 0 bridgehead atoms. The molecule has 0 spiro atoms. The lowest BCUT2D eigenvalue weighted by molar-refractivity contribution is -0.120. The number of carbonyl (C=O) groups is 1. The molecular weight excluding hydrogens is 359 g/mol. The summed E-state index contributed by atoms with van der Waals surface area (Å²) in [5, 5.41) is 2.77. The number of benzene rings is 1. The Labute approximate surface area is 147 Å². The van der Waals surface area contributed by atoms with Crippen molar-refractivity contribution in [3.8, 4) is 0 Å². The standard InChI is InChI=1S/C15H20Cl2N2O3S/c1-9-6-11(23(21,22)19(4)5)7-12(10(9)2)18-13(20)14(3)8-15(14,16)17/h6-7H,8H2,1-5H3,(H,18,20). The smallest absolute Gasteiger partial charge is 0.242 e. The van der Waals surface area contributed by atoms with Gasteiger partial charge in [-0.2, -0.15) is 0 Å². The van der Waals surface area contributed by atoms with Gasteiger partial charge in [0.2, 0.25) is 15.9 Å². The summed E-state index contributed by atoms with van der Waals surface area (Å²) >= 11 is 12.1. The molecule has 1 aromatic carbocycles. The summed E-state index contributed by atoms with van der Waals surface area (Å²) in [6.45, 7) is 5.30. The van der Waals surface area contributed by atoms with E-state index in [4.69, 9.17) is 23.2 Å². The van der Waals surface area contributed by atoms with Gasteiger partial charge in [-0.1, -0.05) is 0 Å². The predicted octanol–water partition coefficient (Wildman–Crippen LogP) is 3.08. The lowest BCUT2D eigenvalue weighted by Gasteiger charge is -2.18. The quantitative estimate of drug-likeness (QED) is 0.818. The number of aryl methyl sites for hydroxylation is 1. The molecule has 0 aromatic heterocycles. The van der Waals surface area contributed by atoms with Crippen LogP contribution in [0.4, 0.5) is 5.69 Å². The first-order chi connectivity index (χ1) is 10.3. The highest BCUT2D eigenvalue weighted by Crippen LogP contribution is 2.64. The number of amides is 1. The van der Waals surface area contributed by atoms with E-state index < -0.39 is 19.8 Å². The SMILES string of the molecule is Cc1cc(S(=O)(=O)N(C)C)cc(NC(=O)C2(C)CC2(Cl)Cl)c1C. The average molecular weight is 379 g/mol. The number of sulfonamides is 1. The average Bonchev–Trinajstić information content (AvgIpc) is 2.94. The van der Waals surface area contributed by atoms with Crippen LogP contribution < -0.4 is 5.32 Å². The molecule has 1 unspecified atom stereocenters. The Balaban J connectivity index is 2.41. The number of nitrogens with one attached hydrogen (secondary N) is 1. The first kappa shape index (κ1) is 18.5. The molecule has 0 aliphatic heterocycles. The maximum Gasteiger partial charge on any atom is 0.242 e. The van der Waals surface area contributed by atoms with Crippen molar-refractivity contribution in [3.63, 3.8) is 0 Å². The molecule has 1 aliphatic carbocycles. The van der Waals surface area contributed by atoms with Gasteiger partial charge in [0.05, 0.1) is 10.3 Å². The zero-order chi connectivity index (χ0) is 17.8. The molecule has 23 heavy (non-hydrogen) atoms. The van der Waals surface area contributed by atoms with Gasteiger partial charge in [0.25, 0.3) is 0 Å². The van der Waals surface area contributed by atoms with Crippen LogP contribution in [0.25, 0.3) is 0 Å². The summed E-state index contributed by atoms with van der Waals surface area (Å²) in [6, 6.07) is 3.05. The van der Waals surface area contributed by atoms with Crippen LogP contribution in [0.3, 0.4) is 0 Å². The molecule has 1 fully saturated rings. The Morgan fingerprint density at radius 3 is 2.22 bits per heavy atom. The van der Waals surface area contributed by atoms with Crippen molar-refractivity contribution in [2.75, 3.05) is 19.4 Å². The fourth-order valence-corrected chi connectivity index (χ4v) is 3.94. The minimum atomic E-state index is -3.59. The number of halogens is 2. The molecule has 1 N–H and O–H groups in total. The van der Waals surface area contributed by atoms with Gasteiger partial charge in [0.1, 0.15) is 4.33 Å². The number of hydrogen-bond acceptors (Lipinski definition) is 3. The second-order valence-electron chi connectivity index (χ2n) is 6.37. The molecule has 1 amide bonds. The predicted molar refractivity (Wildman–Crippen MR) is 92.6 cm³/mol. The van der Waals surface area contributed by atoms with Crippen LogP contribution in [-0.4, -0.2) is 37.1 Å². The summed E-state index contributed by atoms with van der Waals surface area (Å²) in [5.41, 5.74) is 1.15. The Morgan fingerprint density at radius 1 is 1.26 bits per heavy atom. The highest BCUT2D eigenvalue weighted by molar-refractivity contribution is 7.89. The highest BCUT2D eigenvalue weighted by Gasteiger charge is 2.67. The maximum atomic E-state index is 12.4. The zero-order valence-electron chi connectivity index (χ0n) is 13.7. The van der Waals surface area contributed by atoms with Crippen molar-refractivity contribution in [3.05, 3.63) is 23.3 Å². The molecule has 128 valence electrons. The van der Waals surface area contributed by atoms with Crippen LogP contribution in [0, 0.1) is 19.3 Å². The van der Waals surface area contributed by atoms with Crippen molar-refractivity contribution in [1.29, 1.82) is 0 Å². The van der Waals surface area contributed by atoms with Crippen LogP contribution in [-0.2, 0) is 14.8 Å². The summed E-state index contributed by atoms with van der Waals surface area (Å²) in [6.07, 6.45) is 0.364. The van der Waals surface area contributed by atoms with E-state index in [0.29, 0.717) is 12.1 Å². The monoisotopic (exact) mass is 378 g/mol. The fourth-order valence-electron chi connectivity index (χ4n) is 2.22. The Bertz CT molecular complexity index is 775. The van der Waals surface area contributed by atoms with Gasteiger partial charge in [-0.3, -0.25) is 4.79 Å². The number of anilines is 1. The molecule has 0 radical (unpaired) electrons. The second kappa shape index (κ2) is 5.62. The molecule has 0 saturated heterocycles. The van der Waals surface area contributed by atoms with E-state index in [-0.39, 0.29) is 10.8 Å². The number of alkyl halides is 2. The first-order valence-corrected chi connectivity index (χ1v) is 9.25. The molecule has 2 rings (SSSR count). The van der Waals surface area contributed by atoms with Gasteiger partial charge in [-0.15, -0.1) is 23.2 Å². The van der Waals surface area contributed by atoms with Crippen molar-refractivity contribution in [1.82, 2.24) is 4.31 Å². The number of nitrogens with zero attached hydrogens (tertiary/aromatic N) is 1. The normalized spacial score (nSPS) is 23.0. The topological polar surface area (TPSA) is 66.5 Å². The Morgan fingerprint density at radius 2 is 1.78 bits per heavy atom. The molecule has 0 heterocycles. The van der Waals surface area contributed by atoms with Crippen LogP contribution >= 0.6 is 23.2 Å². The molecular formula is C15H20Cl2N2O3S. The van der Waals surface area contributed by atoms with Crippen molar-refractivity contribution >= 4 is 44.8 Å².